The molecule has 112 valence electrons. The van der Waals surface area contributed by atoms with Crippen LogP contribution in [0.25, 0.3) is 0 Å². The van der Waals surface area contributed by atoms with E-state index in [-0.39, 0.29) is 11.6 Å². The van der Waals surface area contributed by atoms with E-state index in [1.165, 1.54) is 6.42 Å². The molecule has 2 rings (SSSR count). The van der Waals surface area contributed by atoms with Gasteiger partial charge in [0, 0.05) is 18.1 Å². The molecule has 1 amide bonds. The van der Waals surface area contributed by atoms with Crippen molar-refractivity contribution in [3.8, 4) is 12.3 Å². The molecular formula is C16H26N2O2. The van der Waals surface area contributed by atoms with Crippen molar-refractivity contribution in [2.75, 3.05) is 13.1 Å². The number of likely N-dealkylation sites (tertiary alicyclic amines) is 1. The van der Waals surface area contributed by atoms with Crippen LogP contribution < -0.4 is 5.32 Å². The van der Waals surface area contributed by atoms with E-state index in [0.29, 0.717) is 12.6 Å². The van der Waals surface area contributed by atoms with E-state index in [9.17, 15) is 4.79 Å². The summed E-state index contributed by atoms with van der Waals surface area (Å²) < 4.78 is 5.56. The van der Waals surface area contributed by atoms with Gasteiger partial charge in [-0.1, -0.05) is 5.92 Å². The maximum Gasteiger partial charge on any atom is 0.410 e. The highest BCUT2D eigenvalue weighted by Gasteiger charge is 2.49. The molecule has 2 aliphatic rings. The summed E-state index contributed by atoms with van der Waals surface area (Å²) in [5, 5.41) is 3.39. The molecule has 0 aromatic heterocycles. The molecule has 1 N–H and O–H groups in total. The standard InChI is InChI=1S/C16H26N2O2/c1-5-10-17-13-7-11-18(14(19)20-15(2,3)4)16(12-13)8-6-9-16/h1,13,17H,6-12H2,2-4H3. The fourth-order valence-electron chi connectivity index (χ4n) is 3.23. The van der Waals surface area contributed by atoms with Gasteiger partial charge in [0.05, 0.1) is 6.54 Å². The Kier molecular flexibility index (Phi) is 4.29. The van der Waals surface area contributed by atoms with Gasteiger partial charge < -0.3 is 15.0 Å². The summed E-state index contributed by atoms with van der Waals surface area (Å²) in [7, 11) is 0. The van der Waals surface area contributed by atoms with Gasteiger partial charge in [-0.25, -0.2) is 4.79 Å². The van der Waals surface area contributed by atoms with Crippen LogP contribution in [0.2, 0.25) is 0 Å². The van der Waals surface area contributed by atoms with E-state index in [0.717, 1.165) is 32.2 Å². The number of nitrogens with one attached hydrogen (secondary N) is 1. The Morgan fingerprint density at radius 2 is 2.20 bits per heavy atom. The summed E-state index contributed by atoms with van der Waals surface area (Å²) in [4.78, 5) is 14.4. The van der Waals surface area contributed by atoms with Crippen LogP contribution in [0, 0.1) is 12.3 Å². The smallest absolute Gasteiger partial charge is 0.410 e. The first-order valence-electron chi connectivity index (χ1n) is 7.54. The lowest BCUT2D eigenvalue weighted by atomic mass is 9.69. The second-order valence-corrected chi connectivity index (χ2v) is 6.98. The van der Waals surface area contributed by atoms with Gasteiger partial charge in [-0.15, -0.1) is 6.42 Å². The lowest BCUT2D eigenvalue weighted by Crippen LogP contribution is -2.63. The zero-order chi connectivity index (χ0) is 14.8. The van der Waals surface area contributed by atoms with Gasteiger partial charge in [0.15, 0.2) is 0 Å². The molecule has 1 unspecified atom stereocenters. The van der Waals surface area contributed by atoms with Crippen LogP contribution in [0.3, 0.4) is 0 Å². The molecule has 0 radical (unpaired) electrons. The fraction of sp³-hybridized carbons (Fsp3) is 0.812. The van der Waals surface area contributed by atoms with Crippen molar-refractivity contribution in [3.05, 3.63) is 0 Å². The lowest BCUT2D eigenvalue weighted by molar-refractivity contribution is -0.0490. The van der Waals surface area contributed by atoms with Gasteiger partial charge >= 0.3 is 6.09 Å². The maximum absolute atomic E-state index is 12.4. The van der Waals surface area contributed by atoms with E-state index in [2.05, 4.69) is 11.2 Å². The van der Waals surface area contributed by atoms with Crippen LogP contribution in [0.1, 0.15) is 52.9 Å². The number of rotatable bonds is 2. The van der Waals surface area contributed by atoms with Crippen LogP contribution in [0.4, 0.5) is 4.79 Å². The van der Waals surface area contributed by atoms with Crippen LogP contribution in [0.5, 0.6) is 0 Å². The zero-order valence-corrected chi connectivity index (χ0v) is 12.9. The highest BCUT2D eigenvalue weighted by molar-refractivity contribution is 5.69. The van der Waals surface area contributed by atoms with Gasteiger partial charge in [0.25, 0.3) is 0 Å². The molecule has 1 spiro atoms. The number of terminal acetylenes is 1. The monoisotopic (exact) mass is 278 g/mol. The van der Waals surface area contributed by atoms with Gasteiger partial charge in [-0.05, 0) is 52.9 Å². The Balaban J connectivity index is 2.01. The first-order chi connectivity index (χ1) is 9.36. The van der Waals surface area contributed by atoms with Crippen LogP contribution >= 0.6 is 0 Å². The van der Waals surface area contributed by atoms with Crippen molar-refractivity contribution in [3.63, 3.8) is 0 Å². The molecule has 0 bridgehead atoms. The molecule has 1 heterocycles. The van der Waals surface area contributed by atoms with Gasteiger partial charge in [0.2, 0.25) is 0 Å². The molecule has 0 aromatic carbocycles. The minimum atomic E-state index is -0.430. The summed E-state index contributed by atoms with van der Waals surface area (Å²) in [6.07, 6.45) is 10.5. The molecular weight excluding hydrogens is 252 g/mol. The summed E-state index contributed by atoms with van der Waals surface area (Å²) in [6, 6.07) is 0.421. The second-order valence-electron chi connectivity index (χ2n) is 6.98. The van der Waals surface area contributed by atoms with E-state index < -0.39 is 5.60 Å². The number of piperidine rings is 1. The Hall–Kier alpha value is -1.21. The van der Waals surface area contributed by atoms with Gasteiger partial charge in [0.1, 0.15) is 5.60 Å². The number of ether oxygens (including phenoxy) is 1. The third kappa shape index (κ3) is 3.27. The average Bonchev–Trinajstić information content (AvgIpc) is 2.31. The summed E-state index contributed by atoms with van der Waals surface area (Å²) >= 11 is 0. The number of carbonyl (C=O) groups is 1. The second kappa shape index (κ2) is 5.65. The number of hydrogen-bond acceptors (Lipinski definition) is 3. The Morgan fingerprint density at radius 1 is 1.50 bits per heavy atom. The average molecular weight is 278 g/mol. The van der Waals surface area contributed by atoms with Crippen molar-refractivity contribution in [1.29, 1.82) is 0 Å². The third-order valence-electron chi connectivity index (χ3n) is 4.29. The van der Waals surface area contributed by atoms with Crippen LogP contribution in [-0.4, -0.2) is 41.3 Å². The summed E-state index contributed by atoms with van der Waals surface area (Å²) in [6.45, 7) is 7.11. The lowest BCUT2D eigenvalue weighted by Gasteiger charge is -2.54. The van der Waals surface area contributed by atoms with Crippen molar-refractivity contribution in [1.82, 2.24) is 10.2 Å². The molecule has 2 fully saturated rings. The Bertz CT molecular complexity index is 402. The predicted octanol–water partition coefficient (Wildman–Crippen LogP) is 2.53. The highest BCUT2D eigenvalue weighted by Crippen LogP contribution is 2.44. The van der Waals surface area contributed by atoms with Crippen LogP contribution in [0.15, 0.2) is 0 Å². The van der Waals surface area contributed by atoms with Crippen molar-refractivity contribution >= 4 is 6.09 Å². The van der Waals surface area contributed by atoms with Crippen molar-refractivity contribution in [2.24, 2.45) is 0 Å². The van der Waals surface area contributed by atoms with E-state index in [1.54, 1.807) is 0 Å². The fourth-order valence-corrected chi connectivity index (χ4v) is 3.23. The quantitative estimate of drug-likeness (QED) is 0.789. The number of nitrogens with zero attached hydrogens (tertiary/aromatic N) is 1. The molecule has 20 heavy (non-hydrogen) atoms. The van der Waals surface area contributed by atoms with E-state index in [1.807, 2.05) is 25.7 Å². The maximum atomic E-state index is 12.4. The van der Waals surface area contributed by atoms with Gasteiger partial charge in [-0.2, -0.15) is 0 Å². The molecule has 1 aliphatic carbocycles. The SMILES string of the molecule is C#CCNC1CCN(C(=O)OC(C)(C)C)C2(CCC2)C1. The number of carbonyl (C=O) groups excluding carboxylic acids is 1. The molecule has 1 saturated heterocycles. The topological polar surface area (TPSA) is 41.6 Å². The normalized spacial score (nSPS) is 24.9. The Morgan fingerprint density at radius 3 is 2.70 bits per heavy atom. The molecule has 1 aliphatic heterocycles. The third-order valence-corrected chi connectivity index (χ3v) is 4.29. The first-order valence-corrected chi connectivity index (χ1v) is 7.54. The molecule has 1 saturated carbocycles. The van der Waals surface area contributed by atoms with Crippen molar-refractivity contribution < 1.29 is 9.53 Å². The molecule has 1 atom stereocenters. The van der Waals surface area contributed by atoms with E-state index in [4.69, 9.17) is 11.2 Å². The zero-order valence-electron chi connectivity index (χ0n) is 12.9. The Labute approximate surface area is 122 Å². The van der Waals surface area contributed by atoms with E-state index >= 15 is 0 Å². The van der Waals surface area contributed by atoms with Crippen LogP contribution in [-0.2, 0) is 4.74 Å². The minimum Gasteiger partial charge on any atom is -0.444 e. The van der Waals surface area contributed by atoms with Gasteiger partial charge in [-0.3, -0.25) is 0 Å². The number of amides is 1. The molecule has 4 nitrogen and oxygen atoms in total. The summed E-state index contributed by atoms with van der Waals surface area (Å²) in [5.41, 5.74) is -0.423. The largest absolute Gasteiger partial charge is 0.444 e. The highest BCUT2D eigenvalue weighted by atomic mass is 16.6. The molecule has 0 aromatic rings. The predicted molar refractivity (Wildman–Crippen MR) is 79.4 cm³/mol. The first kappa shape index (κ1) is 15.2. The summed E-state index contributed by atoms with van der Waals surface area (Å²) in [5.74, 6) is 2.63. The molecule has 4 heteroatoms. The van der Waals surface area contributed by atoms with Crippen molar-refractivity contribution in [2.45, 2.75) is 70.1 Å². The number of hydrogen-bond donors (Lipinski definition) is 1. The minimum absolute atomic E-state index is 0.00679.